The highest BCUT2D eigenvalue weighted by Gasteiger charge is 2.30. The molecule has 0 fully saturated rings. The van der Waals surface area contributed by atoms with Crippen molar-refractivity contribution in [2.45, 2.75) is 40.0 Å². The van der Waals surface area contributed by atoms with Gasteiger partial charge in [-0.25, -0.2) is 0 Å². The summed E-state index contributed by atoms with van der Waals surface area (Å²) in [6.07, 6.45) is 0. The van der Waals surface area contributed by atoms with Crippen LogP contribution in [0.2, 0.25) is 0 Å². The van der Waals surface area contributed by atoms with Gasteiger partial charge in [-0.05, 0) is 47.1 Å². The number of hydrogen-bond donors (Lipinski definition) is 1. The second-order valence-electron chi connectivity index (χ2n) is 7.44. The highest BCUT2D eigenvalue weighted by molar-refractivity contribution is 5.73. The van der Waals surface area contributed by atoms with E-state index in [1.165, 1.54) is 10.4 Å². The topological polar surface area (TPSA) is 50.9 Å². The normalized spacial score (nSPS) is 13.6. The molecule has 3 rings (SSSR count). The van der Waals surface area contributed by atoms with Gasteiger partial charge in [-0.1, -0.05) is 52.8 Å². The molecule has 0 amide bonds. The number of aromatic hydroxyl groups is 1. The molecule has 1 heterocycles. The van der Waals surface area contributed by atoms with Crippen molar-refractivity contribution >= 4 is 11.0 Å². The number of aromatic nitrogens is 3. The first-order valence-electron chi connectivity index (χ1n) is 8.46. The maximum absolute atomic E-state index is 10.3. The molecule has 0 aliphatic rings. The first-order valence-corrected chi connectivity index (χ1v) is 8.46. The number of nitrogens with zero attached hydrogens (tertiary/aromatic N) is 3. The molecule has 24 heavy (non-hydrogen) atoms. The maximum Gasteiger partial charge on any atom is 0.143 e. The molecule has 1 atom stereocenters. The Hall–Kier alpha value is -2.36. The van der Waals surface area contributed by atoms with Crippen LogP contribution in [0.1, 0.15) is 40.2 Å². The summed E-state index contributed by atoms with van der Waals surface area (Å²) in [6, 6.07) is 13.5. The van der Waals surface area contributed by atoms with Gasteiger partial charge in [0, 0.05) is 0 Å². The van der Waals surface area contributed by atoms with Gasteiger partial charge < -0.3 is 5.11 Å². The van der Waals surface area contributed by atoms with E-state index in [0.29, 0.717) is 17.5 Å². The summed E-state index contributed by atoms with van der Waals surface area (Å²) in [5.41, 5.74) is 3.42. The summed E-state index contributed by atoms with van der Waals surface area (Å²) in [4.78, 5) is 1.53. The smallest absolute Gasteiger partial charge is 0.143 e. The first kappa shape index (κ1) is 16.5. The minimum Gasteiger partial charge on any atom is -0.506 e. The highest BCUT2D eigenvalue weighted by Crippen LogP contribution is 2.38. The summed E-state index contributed by atoms with van der Waals surface area (Å²) in [7, 11) is 0. The lowest BCUT2D eigenvalue weighted by molar-refractivity contribution is 0.263. The van der Waals surface area contributed by atoms with Crippen LogP contribution in [0.4, 0.5) is 0 Å². The number of phenols is 1. The van der Waals surface area contributed by atoms with E-state index in [4.69, 9.17) is 0 Å². The van der Waals surface area contributed by atoms with Gasteiger partial charge in [0.25, 0.3) is 0 Å². The summed E-state index contributed by atoms with van der Waals surface area (Å²) >= 11 is 0. The average molecular weight is 323 g/mol. The fourth-order valence-corrected chi connectivity index (χ4v) is 3.15. The van der Waals surface area contributed by atoms with Crippen molar-refractivity contribution in [3.8, 4) is 11.4 Å². The molecule has 0 spiro atoms. The van der Waals surface area contributed by atoms with Gasteiger partial charge in [-0.15, -0.1) is 15.0 Å². The van der Waals surface area contributed by atoms with Gasteiger partial charge in [0.2, 0.25) is 0 Å². The van der Waals surface area contributed by atoms with E-state index >= 15 is 0 Å². The number of hydrogen-bond acceptors (Lipinski definition) is 3. The molecule has 4 heteroatoms. The standard InChI is InChI=1S/C20H25N3O/c1-13(2)14(3)20(4,5)15-10-11-19(24)18(12-15)23-21-16-8-6-7-9-17(16)22-23/h6-14,24H,1-5H3. The third-order valence-electron chi connectivity index (χ3n) is 5.36. The zero-order chi connectivity index (χ0) is 17.5. The van der Waals surface area contributed by atoms with Crippen LogP contribution in [0, 0.1) is 11.8 Å². The minimum absolute atomic E-state index is 0.0107. The zero-order valence-corrected chi connectivity index (χ0v) is 15.0. The third kappa shape index (κ3) is 2.77. The average Bonchev–Trinajstić information content (AvgIpc) is 2.97. The van der Waals surface area contributed by atoms with E-state index in [1.54, 1.807) is 6.07 Å². The predicted molar refractivity (Wildman–Crippen MR) is 97.6 cm³/mol. The number of phenolic OH excluding ortho intramolecular Hbond substituents is 1. The van der Waals surface area contributed by atoms with Gasteiger partial charge in [0.15, 0.2) is 0 Å². The Kier molecular flexibility index (Phi) is 4.08. The third-order valence-corrected chi connectivity index (χ3v) is 5.36. The predicted octanol–water partition coefficient (Wildman–Crippen LogP) is 4.70. The second-order valence-corrected chi connectivity index (χ2v) is 7.44. The lowest BCUT2D eigenvalue weighted by atomic mass is 9.69. The van der Waals surface area contributed by atoms with Crippen molar-refractivity contribution in [2.24, 2.45) is 11.8 Å². The van der Waals surface area contributed by atoms with Gasteiger partial charge in [-0.3, -0.25) is 0 Å². The molecule has 1 aromatic heterocycles. The first-order chi connectivity index (χ1) is 11.3. The van der Waals surface area contributed by atoms with Crippen molar-refractivity contribution in [3.05, 3.63) is 48.0 Å². The number of rotatable bonds is 4. The number of fused-ring (bicyclic) bond motifs is 1. The molecule has 0 radical (unpaired) electrons. The van der Waals surface area contributed by atoms with Crippen LogP contribution >= 0.6 is 0 Å². The molecule has 1 N–H and O–H groups in total. The maximum atomic E-state index is 10.3. The molecule has 0 saturated carbocycles. The zero-order valence-electron chi connectivity index (χ0n) is 15.0. The van der Waals surface area contributed by atoms with E-state index in [1.807, 2.05) is 36.4 Å². The van der Waals surface area contributed by atoms with Gasteiger partial charge in [0.1, 0.15) is 22.5 Å². The van der Waals surface area contributed by atoms with E-state index in [-0.39, 0.29) is 11.2 Å². The minimum atomic E-state index is -0.0107. The van der Waals surface area contributed by atoms with Gasteiger partial charge in [0.05, 0.1) is 0 Å². The Balaban J connectivity index is 2.09. The highest BCUT2D eigenvalue weighted by atomic mass is 16.3. The largest absolute Gasteiger partial charge is 0.506 e. The fraction of sp³-hybridized carbons (Fsp3) is 0.400. The molecule has 4 nitrogen and oxygen atoms in total. The molecular formula is C20H25N3O. The van der Waals surface area contributed by atoms with Crippen molar-refractivity contribution in [1.29, 1.82) is 0 Å². The molecule has 2 aromatic carbocycles. The van der Waals surface area contributed by atoms with Crippen molar-refractivity contribution in [3.63, 3.8) is 0 Å². The molecule has 0 aliphatic heterocycles. The molecule has 0 bridgehead atoms. The summed E-state index contributed by atoms with van der Waals surface area (Å²) in [5, 5.41) is 19.3. The van der Waals surface area contributed by atoms with Crippen LogP contribution < -0.4 is 0 Å². The lowest BCUT2D eigenvalue weighted by Crippen LogP contribution is -2.30. The summed E-state index contributed by atoms with van der Waals surface area (Å²) in [5.74, 6) is 1.26. The molecule has 126 valence electrons. The Bertz CT molecular complexity index is 831. The number of benzene rings is 2. The molecule has 0 saturated heterocycles. The molecular weight excluding hydrogens is 298 g/mol. The van der Waals surface area contributed by atoms with Crippen molar-refractivity contribution in [1.82, 2.24) is 15.0 Å². The van der Waals surface area contributed by atoms with Crippen LogP contribution in [-0.4, -0.2) is 20.1 Å². The lowest BCUT2D eigenvalue weighted by Gasteiger charge is -2.35. The van der Waals surface area contributed by atoms with E-state index < -0.39 is 0 Å². The summed E-state index contributed by atoms with van der Waals surface area (Å²) in [6.45, 7) is 11.3. The Morgan fingerprint density at radius 2 is 1.54 bits per heavy atom. The van der Waals surface area contributed by atoms with Gasteiger partial charge >= 0.3 is 0 Å². The van der Waals surface area contributed by atoms with E-state index in [0.717, 1.165) is 11.0 Å². The van der Waals surface area contributed by atoms with Crippen LogP contribution in [0.25, 0.3) is 16.7 Å². The molecule has 0 aliphatic carbocycles. The molecule has 1 unspecified atom stereocenters. The van der Waals surface area contributed by atoms with Crippen LogP contribution in [0.5, 0.6) is 5.75 Å². The monoisotopic (exact) mass is 323 g/mol. The summed E-state index contributed by atoms with van der Waals surface area (Å²) < 4.78 is 0. The SMILES string of the molecule is CC(C)C(C)C(C)(C)c1ccc(O)c(-n2nc3ccccc3n2)c1. The van der Waals surface area contributed by atoms with Crippen molar-refractivity contribution in [2.75, 3.05) is 0 Å². The van der Waals surface area contributed by atoms with Crippen molar-refractivity contribution < 1.29 is 5.11 Å². The van der Waals surface area contributed by atoms with E-state index in [9.17, 15) is 5.11 Å². The fourth-order valence-electron chi connectivity index (χ4n) is 3.15. The van der Waals surface area contributed by atoms with Crippen LogP contribution in [-0.2, 0) is 5.41 Å². The van der Waals surface area contributed by atoms with Crippen LogP contribution in [0.3, 0.4) is 0 Å². The Labute approximate surface area is 143 Å². The van der Waals surface area contributed by atoms with Crippen LogP contribution in [0.15, 0.2) is 42.5 Å². The molecule has 3 aromatic rings. The second kappa shape index (κ2) is 5.93. The Morgan fingerprint density at radius 1 is 0.958 bits per heavy atom. The Morgan fingerprint density at radius 3 is 2.08 bits per heavy atom. The van der Waals surface area contributed by atoms with Gasteiger partial charge in [-0.2, -0.15) is 0 Å². The quantitative estimate of drug-likeness (QED) is 0.757. The van der Waals surface area contributed by atoms with E-state index in [2.05, 4.69) is 44.8 Å².